The van der Waals surface area contributed by atoms with Gasteiger partial charge in [0.15, 0.2) is 11.7 Å². The molecule has 0 heterocycles. The molecule has 0 saturated carbocycles. The summed E-state index contributed by atoms with van der Waals surface area (Å²) < 4.78 is 14.8. The lowest BCUT2D eigenvalue weighted by Gasteiger charge is -2.25. The molecule has 0 bridgehead atoms. The van der Waals surface area contributed by atoms with Crippen molar-refractivity contribution in [2.75, 3.05) is 19.8 Å². The molecule has 0 spiro atoms. The number of hydrogen-bond acceptors (Lipinski definition) is 7. The molecule has 0 aromatic carbocycles. The Morgan fingerprint density at radius 3 is 1.91 bits per heavy atom. The molecule has 23 heavy (non-hydrogen) atoms. The van der Waals surface area contributed by atoms with E-state index in [1.165, 1.54) is 6.08 Å². The number of ether oxygens (including phenoxy) is 3. The number of rotatable bonds is 7. The quantitative estimate of drug-likeness (QED) is 0.392. The SMILES string of the molecule is CCOC(=O)C(C(=O)OCC)[C@@H]1C(C)=CC(=O)[C@H]1C(=O)OCC. The molecule has 0 unspecified atom stereocenters. The van der Waals surface area contributed by atoms with Gasteiger partial charge >= 0.3 is 17.9 Å². The van der Waals surface area contributed by atoms with E-state index in [9.17, 15) is 19.2 Å². The smallest absolute Gasteiger partial charge is 0.320 e. The van der Waals surface area contributed by atoms with Crippen molar-refractivity contribution in [3.8, 4) is 0 Å². The molecule has 1 aliphatic carbocycles. The van der Waals surface area contributed by atoms with Gasteiger partial charge in [0.1, 0.15) is 5.92 Å². The third-order valence-electron chi connectivity index (χ3n) is 3.54. The van der Waals surface area contributed by atoms with Crippen LogP contribution >= 0.6 is 0 Å². The van der Waals surface area contributed by atoms with Crippen LogP contribution in [-0.2, 0) is 33.4 Å². The number of carbonyl (C=O) groups is 4. The zero-order chi connectivity index (χ0) is 17.6. The van der Waals surface area contributed by atoms with E-state index in [0.717, 1.165) is 0 Å². The normalized spacial score (nSPS) is 20.2. The van der Waals surface area contributed by atoms with E-state index in [4.69, 9.17) is 14.2 Å². The zero-order valence-corrected chi connectivity index (χ0v) is 13.8. The van der Waals surface area contributed by atoms with Gasteiger partial charge in [0.05, 0.1) is 19.8 Å². The van der Waals surface area contributed by atoms with Crippen molar-refractivity contribution in [2.45, 2.75) is 27.7 Å². The van der Waals surface area contributed by atoms with Gasteiger partial charge in [0.2, 0.25) is 0 Å². The van der Waals surface area contributed by atoms with E-state index >= 15 is 0 Å². The van der Waals surface area contributed by atoms with Crippen LogP contribution in [0.3, 0.4) is 0 Å². The Hall–Kier alpha value is -2.18. The fourth-order valence-corrected chi connectivity index (χ4v) is 2.65. The Morgan fingerprint density at radius 2 is 1.48 bits per heavy atom. The van der Waals surface area contributed by atoms with Crippen LogP contribution in [0, 0.1) is 17.8 Å². The Kier molecular flexibility index (Phi) is 6.93. The van der Waals surface area contributed by atoms with Crippen molar-refractivity contribution in [1.82, 2.24) is 0 Å². The van der Waals surface area contributed by atoms with E-state index in [1.807, 2.05) is 0 Å². The highest BCUT2D eigenvalue weighted by Crippen LogP contribution is 2.37. The summed E-state index contributed by atoms with van der Waals surface area (Å²) in [7, 11) is 0. The van der Waals surface area contributed by atoms with Crippen LogP contribution in [0.25, 0.3) is 0 Å². The predicted molar refractivity (Wildman–Crippen MR) is 79.1 cm³/mol. The highest BCUT2D eigenvalue weighted by Gasteiger charge is 2.51. The highest BCUT2D eigenvalue weighted by molar-refractivity contribution is 6.10. The van der Waals surface area contributed by atoms with E-state index in [1.54, 1.807) is 27.7 Å². The Bertz CT molecular complexity index is 503. The molecule has 1 aliphatic rings. The summed E-state index contributed by atoms with van der Waals surface area (Å²) in [4.78, 5) is 48.6. The highest BCUT2D eigenvalue weighted by atomic mass is 16.6. The second-order valence-corrected chi connectivity index (χ2v) is 5.03. The van der Waals surface area contributed by atoms with Crippen molar-refractivity contribution in [1.29, 1.82) is 0 Å². The number of carbonyl (C=O) groups excluding carboxylic acids is 4. The van der Waals surface area contributed by atoms with Gasteiger partial charge in [-0.2, -0.15) is 0 Å². The molecule has 0 N–H and O–H groups in total. The molecular weight excluding hydrogens is 304 g/mol. The second kappa shape index (κ2) is 8.45. The van der Waals surface area contributed by atoms with E-state index < -0.39 is 41.4 Å². The maximum atomic E-state index is 12.2. The van der Waals surface area contributed by atoms with Crippen LogP contribution in [0.1, 0.15) is 27.7 Å². The van der Waals surface area contributed by atoms with Gasteiger partial charge in [-0.15, -0.1) is 0 Å². The minimum absolute atomic E-state index is 0.0717. The molecule has 0 fully saturated rings. The topological polar surface area (TPSA) is 96.0 Å². The van der Waals surface area contributed by atoms with Crippen LogP contribution in [0.4, 0.5) is 0 Å². The van der Waals surface area contributed by atoms with Gasteiger partial charge in [0, 0.05) is 5.92 Å². The first-order chi connectivity index (χ1) is 10.9. The van der Waals surface area contributed by atoms with Crippen molar-refractivity contribution in [2.24, 2.45) is 17.8 Å². The van der Waals surface area contributed by atoms with Gasteiger partial charge in [-0.1, -0.05) is 5.57 Å². The van der Waals surface area contributed by atoms with Crippen molar-refractivity contribution in [3.63, 3.8) is 0 Å². The molecule has 0 saturated heterocycles. The van der Waals surface area contributed by atoms with Crippen LogP contribution in [0.15, 0.2) is 11.6 Å². The van der Waals surface area contributed by atoms with Gasteiger partial charge in [-0.25, -0.2) is 0 Å². The second-order valence-electron chi connectivity index (χ2n) is 5.03. The Morgan fingerprint density at radius 1 is 1.00 bits per heavy atom. The van der Waals surface area contributed by atoms with E-state index in [2.05, 4.69) is 0 Å². The molecule has 7 nitrogen and oxygen atoms in total. The monoisotopic (exact) mass is 326 g/mol. The largest absolute Gasteiger partial charge is 0.465 e. The molecule has 128 valence electrons. The maximum absolute atomic E-state index is 12.2. The van der Waals surface area contributed by atoms with Crippen molar-refractivity contribution < 1.29 is 33.4 Å². The van der Waals surface area contributed by atoms with E-state index in [-0.39, 0.29) is 19.8 Å². The van der Waals surface area contributed by atoms with Crippen LogP contribution in [0.5, 0.6) is 0 Å². The third-order valence-corrected chi connectivity index (χ3v) is 3.54. The molecule has 0 amide bonds. The Balaban J connectivity index is 3.21. The standard InChI is InChI=1S/C16H22O7/c1-5-21-14(18)12-10(17)8-9(4)11(12)13(15(19)22-6-2)16(20)23-7-3/h8,11-13H,5-7H2,1-4H3/t11-,12-/m1/s1. The van der Waals surface area contributed by atoms with Crippen LogP contribution in [-0.4, -0.2) is 43.5 Å². The third kappa shape index (κ3) is 4.18. The number of ketones is 1. The number of hydrogen-bond donors (Lipinski definition) is 0. The fourth-order valence-electron chi connectivity index (χ4n) is 2.65. The molecular formula is C16H22O7. The maximum Gasteiger partial charge on any atom is 0.320 e. The molecule has 0 aromatic rings. The molecule has 7 heteroatoms. The average molecular weight is 326 g/mol. The summed E-state index contributed by atoms with van der Waals surface area (Å²) in [5.41, 5.74) is 0.458. The predicted octanol–water partition coefficient (Wildman–Crippen LogP) is 1.05. The summed E-state index contributed by atoms with van der Waals surface area (Å²) in [5.74, 6) is -6.40. The minimum atomic E-state index is -1.37. The van der Waals surface area contributed by atoms with Crippen molar-refractivity contribution >= 4 is 23.7 Å². The summed E-state index contributed by atoms with van der Waals surface area (Å²) >= 11 is 0. The average Bonchev–Trinajstić information content (AvgIpc) is 2.75. The minimum Gasteiger partial charge on any atom is -0.465 e. The lowest BCUT2D eigenvalue weighted by atomic mass is 9.80. The summed E-state index contributed by atoms with van der Waals surface area (Å²) in [6.45, 7) is 6.65. The molecule has 2 atom stereocenters. The first kappa shape index (κ1) is 18.9. The Labute approximate surface area is 135 Å². The van der Waals surface area contributed by atoms with Crippen molar-refractivity contribution in [3.05, 3.63) is 11.6 Å². The van der Waals surface area contributed by atoms with Crippen LogP contribution < -0.4 is 0 Å². The van der Waals surface area contributed by atoms with Crippen LogP contribution in [0.2, 0.25) is 0 Å². The molecule has 1 rings (SSSR count). The molecule has 0 radical (unpaired) electrons. The first-order valence-corrected chi connectivity index (χ1v) is 7.60. The number of esters is 3. The van der Waals surface area contributed by atoms with E-state index in [0.29, 0.717) is 5.57 Å². The lowest BCUT2D eigenvalue weighted by Crippen LogP contribution is -2.41. The molecule has 0 aromatic heterocycles. The molecule has 0 aliphatic heterocycles. The first-order valence-electron chi connectivity index (χ1n) is 7.60. The summed E-state index contributed by atoms with van der Waals surface area (Å²) in [6, 6.07) is 0. The lowest BCUT2D eigenvalue weighted by molar-refractivity contribution is -0.166. The number of allylic oxidation sites excluding steroid dienone is 2. The fraction of sp³-hybridized carbons (Fsp3) is 0.625. The van der Waals surface area contributed by atoms with Gasteiger partial charge < -0.3 is 14.2 Å². The van der Waals surface area contributed by atoms with Gasteiger partial charge in [-0.05, 0) is 33.8 Å². The summed E-state index contributed by atoms with van der Waals surface area (Å²) in [6.07, 6.45) is 1.26. The summed E-state index contributed by atoms with van der Waals surface area (Å²) in [5, 5.41) is 0. The van der Waals surface area contributed by atoms with Gasteiger partial charge in [0.25, 0.3) is 0 Å². The zero-order valence-electron chi connectivity index (χ0n) is 13.8. The van der Waals surface area contributed by atoms with Gasteiger partial charge in [-0.3, -0.25) is 19.2 Å².